The van der Waals surface area contributed by atoms with Crippen LogP contribution in [0.4, 0.5) is 5.69 Å². The summed E-state index contributed by atoms with van der Waals surface area (Å²) in [7, 11) is 3.14. The SMILES string of the molecule is CCOc1cc(C=C2SC(=Nc3ccc(OC)cc3OC)NC2=O)ccc1OCc1ccc(Cl)cc1. The van der Waals surface area contributed by atoms with E-state index in [-0.39, 0.29) is 5.91 Å². The summed E-state index contributed by atoms with van der Waals surface area (Å²) in [5, 5.41) is 3.94. The summed E-state index contributed by atoms with van der Waals surface area (Å²) >= 11 is 7.20. The number of carbonyl (C=O) groups is 1. The zero-order chi connectivity index (χ0) is 25.5. The van der Waals surface area contributed by atoms with Crippen LogP contribution in [0.1, 0.15) is 18.1 Å². The van der Waals surface area contributed by atoms with Crippen molar-refractivity contribution in [2.75, 3.05) is 20.8 Å². The van der Waals surface area contributed by atoms with Crippen LogP contribution in [0.5, 0.6) is 23.0 Å². The van der Waals surface area contributed by atoms with E-state index in [0.29, 0.717) is 57.0 Å². The fraction of sp³-hybridized carbons (Fsp3) is 0.185. The summed E-state index contributed by atoms with van der Waals surface area (Å²) in [6.07, 6.45) is 1.79. The largest absolute Gasteiger partial charge is 0.497 e. The summed E-state index contributed by atoms with van der Waals surface area (Å²) in [5.74, 6) is 2.19. The number of nitrogens with zero attached hydrogens (tertiary/aromatic N) is 1. The molecule has 1 aliphatic heterocycles. The lowest BCUT2D eigenvalue weighted by Crippen LogP contribution is -2.19. The number of hydrogen-bond acceptors (Lipinski definition) is 7. The third kappa shape index (κ3) is 6.33. The van der Waals surface area contributed by atoms with Crippen molar-refractivity contribution in [1.82, 2.24) is 5.32 Å². The first-order chi connectivity index (χ1) is 17.5. The standard InChI is InChI=1S/C27H25ClN2O5S/c1-4-34-24-13-18(7-12-22(24)35-16-17-5-8-19(28)9-6-17)14-25-26(31)30-27(36-25)29-21-11-10-20(32-2)15-23(21)33-3/h5-15H,4,16H2,1-3H3,(H,29,30,31). The summed E-state index contributed by atoms with van der Waals surface area (Å²) in [4.78, 5) is 17.6. The topological polar surface area (TPSA) is 78.4 Å². The zero-order valence-corrected chi connectivity index (χ0v) is 21.6. The minimum absolute atomic E-state index is 0.229. The van der Waals surface area contributed by atoms with E-state index < -0.39 is 0 Å². The van der Waals surface area contributed by atoms with Gasteiger partial charge in [-0.25, -0.2) is 4.99 Å². The van der Waals surface area contributed by atoms with E-state index in [1.807, 2.05) is 49.4 Å². The number of amidine groups is 1. The lowest BCUT2D eigenvalue weighted by Gasteiger charge is -2.13. The van der Waals surface area contributed by atoms with Crippen LogP contribution < -0.4 is 24.3 Å². The van der Waals surface area contributed by atoms with Crippen molar-refractivity contribution in [2.45, 2.75) is 13.5 Å². The first-order valence-corrected chi connectivity index (χ1v) is 12.3. The Balaban J connectivity index is 1.51. The maximum absolute atomic E-state index is 12.6. The van der Waals surface area contributed by atoms with Gasteiger partial charge in [-0.3, -0.25) is 4.79 Å². The van der Waals surface area contributed by atoms with Gasteiger partial charge in [-0.15, -0.1) is 0 Å². The molecule has 0 unspecified atom stereocenters. The van der Waals surface area contributed by atoms with Gasteiger partial charge in [0, 0.05) is 11.1 Å². The van der Waals surface area contributed by atoms with E-state index in [2.05, 4.69) is 10.3 Å². The van der Waals surface area contributed by atoms with Gasteiger partial charge in [-0.1, -0.05) is 29.8 Å². The predicted octanol–water partition coefficient (Wildman–Crippen LogP) is 6.23. The van der Waals surface area contributed by atoms with E-state index in [0.717, 1.165) is 11.1 Å². The lowest BCUT2D eigenvalue weighted by molar-refractivity contribution is -0.115. The van der Waals surface area contributed by atoms with Crippen molar-refractivity contribution in [1.29, 1.82) is 0 Å². The van der Waals surface area contributed by atoms with Gasteiger partial charge in [0.15, 0.2) is 16.7 Å². The van der Waals surface area contributed by atoms with Crippen molar-refractivity contribution in [3.8, 4) is 23.0 Å². The predicted molar refractivity (Wildman–Crippen MR) is 144 cm³/mol. The molecule has 9 heteroatoms. The summed E-state index contributed by atoms with van der Waals surface area (Å²) in [6, 6.07) is 18.3. The minimum Gasteiger partial charge on any atom is -0.497 e. The quantitative estimate of drug-likeness (QED) is 0.334. The van der Waals surface area contributed by atoms with Crippen LogP contribution in [-0.2, 0) is 11.4 Å². The molecule has 4 rings (SSSR count). The molecule has 0 saturated carbocycles. The van der Waals surface area contributed by atoms with Crippen LogP contribution in [0, 0.1) is 0 Å². The van der Waals surface area contributed by atoms with E-state index in [1.165, 1.54) is 11.8 Å². The second-order valence-electron chi connectivity index (χ2n) is 7.57. The third-order valence-electron chi connectivity index (χ3n) is 5.13. The van der Waals surface area contributed by atoms with E-state index in [1.54, 1.807) is 38.5 Å². The van der Waals surface area contributed by atoms with Crippen LogP contribution in [-0.4, -0.2) is 31.9 Å². The molecule has 1 aliphatic rings. The van der Waals surface area contributed by atoms with Gasteiger partial charge < -0.3 is 24.3 Å². The summed E-state index contributed by atoms with van der Waals surface area (Å²) < 4.78 is 22.4. The molecular weight excluding hydrogens is 500 g/mol. The normalized spacial score (nSPS) is 15.2. The highest BCUT2D eigenvalue weighted by Crippen LogP contribution is 2.36. The molecule has 1 amide bonds. The van der Waals surface area contributed by atoms with Crippen LogP contribution in [0.2, 0.25) is 5.02 Å². The molecule has 1 saturated heterocycles. The number of hydrogen-bond donors (Lipinski definition) is 1. The number of amides is 1. The lowest BCUT2D eigenvalue weighted by atomic mass is 10.2. The van der Waals surface area contributed by atoms with E-state index in [9.17, 15) is 4.79 Å². The Bertz CT molecular complexity index is 1310. The van der Waals surface area contributed by atoms with Gasteiger partial charge in [0.2, 0.25) is 0 Å². The fourth-order valence-corrected chi connectivity index (χ4v) is 4.32. The molecule has 0 aliphatic carbocycles. The number of methoxy groups -OCH3 is 2. The van der Waals surface area contributed by atoms with E-state index >= 15 is 0 Å². The second kappa shape index (κ2) is 11.9. The maximum Gasteiger partial charge on any atom is 0.264 e. The highest BCUT2D eigenvalue weighted by atomic mass is 35.5. The number of aliphatic imine (C=N–C) groups is 1. The monoisotopic (exact) mass is 524 g/mol. The number of rotatable bonds is 9. The smallest absolute Gasteiger partial charge is 0.264 e. The van der Waals surface area contributed by atoms with Gasteiger partial charge in [-0.05, 0) is 72.3 Å². The molecule has 0 aromatic heterocycles. The van der Waals surface area contributed by atoms with Gasteiger partial charge in [-0.2, -0.15) is 0 Å². The van der Waals surface area contributed by atoms with Crippen molar-refractivity contribution >= 4 is 46.2 Å². The molecule has 3 aromatic carbocycles. The zero-order valence-electron chi connectivity index (χ0n) is 20.0. The second-order valence-corrected chi connectivity index (χ2v) is 9.04. The van der Waals surface area contributed by atoms with Crippen molar-refractivity contribution in [2.24, 2.45) is 4.99 Å². The molecule has 0 radical (unpaired) electrons. The molecular formula is C27H25ClN2O5S. The molecule has 0 bridgehead atoms. The molecule has 3 aromatic rings. The highest BCUT2D eigenvalue weighted by molar-refractivity contribution is 8.18. The Hall–Kier alpha value is -3.62. The molecule has 7 nitrogen and oxygen atoms in total. The van der Waals surface area contributed by atoms with Crippen LogP contribution in [0.15, 0.2) is 70.6 Å². The molecule has 1 N–H and O–H groups in total. The van der Waals surface area contributed by atoms with Crippen molar-refractivity contribution in [3.63, 3.8) is 0 Å². The average Bonchev–Trinajstić information content (AvgIpc) is 3.23. The first-order valence-electron chi connectivity index (χ1n) is 11.1. The third-order valence-corrected chi connectivity index (χ3v) is 6.29. The number of thioether (sulfide) groups is 1. The average molecular weight is 525 g/mol. The number of halogens is 1. The maximum atomic E-state index is 12.6. The van der Waals surface area contributed by atoms with Crippen LogP contribution in [0.25, 0.3) is 6.08 Å². The summed E-state index contributed by atoms with van der Waals surface area (Å²) in [6.45, 7) is 2.77. The number of nitrogens with one attached hydrogen (secondary N) is 1. The Kier molecular flexibility index (Phi) is 8.40. The molecule has 1 fully saturated rings. The first kappa shape index (κ1) is 25.5. The molecule has 186 valence electrons. The Morgan fingerprint density at radius 3 is 2.47 bits per heavy atom. The summed E-state index contributed by atoms with van der Waals surface area (Å²) in [5.41, 5.74) is 2.38. The number of benzene rings is 3. The van der Waals surface area contributed by atoms with Gasteiger partial charge in [0.25, 0.3) is 5.91 Å². The highest BCUT2D eigenvalue weighted by Gasteiger charge is 2.24. The van der Waals surface area contributed by atoms with Gasteiger partial charge >= 0.3 is 0 Å². The molecule has 36 heavy (non-hydrogen) atoms. The Morgan fingerprint density at radius 2 is 1.75 bits per heavy atom. The molecule has 0 atom stereocenters. The van der Waals surface area contributed by atoms with E-state index in [4.69, 9.17) is 30.5 Å². The molecule has 0 spiro atoms. The Morgan fingerprint density at radius 1 is 0.944 bits per heavy atom. The number of carbonyl (C=O) groups excluding carboxylic acids is 1. The minimum atomic E-state index is -0.229. The van der Waals surface area contributed by atoms with Crippen LogP contribution in [0.3, 0.4) is 0 Å². The van der Waals surface area contributed by atoms with Gasteiger partial charge in [0.05, 0.1) is 25.7 Å². The van der Waals surface area contributed by atoms with Crippen LogP contribution >= 0.6 is 23.4 Å². The van der Waals surface area contributed by atoms with Gasteiger partial charge in [0.1, 0.15) is 23.8 Å². The molecule has 1 heterocycles. The van der Waals surface area contributed by atoms with Crippen molar-refractivity contribution in [3.05, 3.63) is 81.7 Å². The van der Waals surface area contributed by atoms with Crippen molar-refractivity contribution < 1.29 is 23.7 Å². The Labute approximate surface area is 219 Å². The number of ether oxygens (including phenoxy) is 4. The fourth-order valence-electron chi connectivity index (χ4n) is 3.36.